The second-order valence-electron chi connectivity index (χ2n) is 6.23. The molecule has 0 aromatic heterocycles. The van der Waals surface area contributed by atoms with Crippen LogP contribution in [0.1, 0.15) is 29.8 Å². The van der Waals surface area contributed by atoms with Gasteiger partial charge in [-0.2, -0.15) is 0 Å². The molecule has 138 valence electrons. The molecule has 7 heteroatoms. The van der Waals surface area contributed by atoms with Gasteiger partial charge in [0.25, 0.3) is 0 Å². The van der Waals surface area contributed by atoms with E-state index in [2.05, 4.69) is 5.32 Å². The molecule has 2 rings (SSSR count). The van der Waals surface area contributed by atoms with Crippen LogP contribution >= 0.6 is 11.6 Å². The van der Waals surface area contributed by atoms with Crippen LogP contribution in [0.2, 0.25) is 5.02 Å². The van der Waals surface area contributed by atoms with Crippen LogP contribution in [0.15, 0.2) is 36.4 Å². The Morgan fingerprint density at radius 1 is 1.04 bits per heavy atom. The highest BCUT2D eigenvalue weighted by Gasteiger charge is 2.31. The fourth-order valence-corrected chi connectivity index (χ4v) is 2.66. The Labute approximate surface area is 157 Å². The number of carbonyl (C=O) groups is 2. The fraction of sp³-hybridized carbons (Fsp3) is 0.263. The van der Waals surface area contributed by atoms with Gasteiger partial charge in [0.15, 0.2) is 0 Å². The molecule has 0 heterocycles. The highest BCUT2D eigenvalue weighted by atomic mass is 35.5. The van der Waals surface area contributed by atoms with Crippen molar-refractivity contribution in [2.45, 2.75) is 19.3 Å². The summed E-state index contributed by atoms with van der Waals surface area (Å²) >= 11 is 6.03. The van der Waals surface area contributed by atoms with Gasteiger partial charge in [-0.15, -0.1) is 0 Å². The van der Waals surface area contributed by atoms with E-state index in [0.717, 1.165) is 0 Å². The van der Waals surface area contributed by atoms with Crippen LogP contribution in [0.3, 0.4) is 0 Å². The second kappa shape index (κ2) is 7.66. The maximum Gasteiger partial charge on any atom is 0.339 e. The summed E-state index contributed by atoms with van der Waals surface area (Å²) in [5.41, 5.74) is 7.80. The quantitative estimate of drug-likeness (QED) is 0.607. The molecule has 0 aliphatic carbocycles. The molecule has 0 fully saturated rings. The van der Waals surface area contributed by atoms with Crippen LogP contribution in [0.25, 0.3) is 0 Å². The molecular formula is C19H21ClN2O4. The average molecular weight is 377 g/mol. The Morgan fingerprint density at radius 2 is 1.73 bits per heavy atom. The third kappa shape index (κ3) is 3.91. The van der Waals surface area contributed by atoms with E-state index in [9.17, 15) is 9.59 Å². The van der Waals surface area contributed by atoms with Gasteiger partial charge < -0.3 is 20.5 Å². The van der Waals surface area contributed by atoms with Gasteiger partial charge in [-0.25, -0.2) is 4.79 Å². The number of rotatable bonds is 5. The van der Waals surface area contributed by atoms with Crippen molar-refractivity contribution in [3.63, 3.8) is 0 Å². The molecule has 0 aliphatic heterocycles. The predicted molar refractivity (Wildman–Crippen MR) is 102 cm³/mol. The van der Waals surface area contributed by atoms with Crippen molar-refractivity contribution in [1.29, 1.82) is 0 Å². The second-order valence-corrected chi connectivity index (χ2v) is 6.66. The molecule has 0 bridgehead atoms. The summed E-state index contributed by atoms with van der Waals surface area (Å²) in [5.74, 6) is -0.855. The topological polar surface area (TPSA) is 90.6 Å². The molecule has 0 aliphatic rings. The standard InChI is InChI=1S/C19H21ClN2O4/c1-19(2,18(24)26-4)11-5-8-15(14(21)9-11)22-16-10-12(20)6-7-13(16)17(23)25-3/h5-10,22H,21H2,1-4H3. The minimum Gasteiger partial charge on any atom is -0.468 e. The summed E-state index contributed by atoms with van der Waals surface area (Å²) in [6.45, 7) is 3.51. The third-order valence-corrected chi connectivity index (χ3v) is 4.36. The van der Waals surface area contributed by atoms with Crippen LogP contribution in [-0.2, 0) is 19.7 Å². The van der Waals surface area contributed by atoms with Crippen molar-refractivity contribution in [2.24, 2.45) is 0 Å². The van der Waals surface area contributed by atoms with Gasteiger partial charge in [0.05, 0.1) is 42.3 Å². The Kier molecular flexibility index (Phi) is 5.77. The number of benzene rings is 2. The number of ether oxygens (including phenoxy) is 2. The van der Waals surface area contributed by atoms with Gasteiger partial charge in [0.1, 0.15) is 0 Å². The summed E-state index contributed by atoms with van der Waals surface area (Å²) in [6, 6.07) is 9.99. The molecule has 0 radical (unpaired) electrons. The van der Waals surface area contributed by atoms with Crippen LogP contribution in [0.5, 0.6) is 0 Å². The van der Waals surface area contributed by atoms with E-state index in [1.54, 1.807) is 50.2 Å². The molecular weight excluding hydrogens is 356 g/mol. The van der Waals surface area contributed by atoms with Gasteiger partial charge >= 0.3 is 11.9 Å². The predicted octanol–water partition coefficient (Wildman–Crippen LogP) is 3.90. The molecule has 0 amide bonds. The summed E-state index contributed by atoms with van der Waals surface area (Å²) in [6.07, 6.45) is 0. The first kappa shape index (κ1) is 19.6. The molecule has 6 nitrogen and oxygen atoms in total. The molecule has 26 heavy (non-hydrogen) atoms. The van der Waals surface area contributed by atoms with E-state index < -0.39 is 11.4 Å². The summed E-state index contributed by atoms with van der Waals surface area (Å²) in [7, 11) is 2.65. The van der Waals surface area contributed by atoms with Gasteiger partial charge in [-0.05, 0) is 49.7 Å². The number of nitrogens with one attached hydrogen (secondary N) is 1. The third-order valence-electron chi connectivity index (χ3n) is 4.13. The normalized spacial score (nSPS) is 11.0. The van der Waals surface area contributed by atoms with Crippen molar-refractivity contribution in [3.8, 4) is 0 Å². The molecule has 0 unspecified atom stereocenters. The number of anilines is 3. The Bertz CT molecular complexity index is 849. The summed E-state index contributed by atoms with van der Waals surface area (Å²) in [4.78, 5) is 23.9. The number of hydrogen-bond donors (Lipinski definition) is 2. The first-order valence-corrected chi connectivity index (χ1v) is 8.21. The molecule has 0 spiro atoms. The maximum absolute atomic E-state index is 12.0. The van der Waals surface area contributed by atoms with E-state index >= 15 is 0 Å². The number of methoxy groups -OCH3 is 2. The Balaban J connectivity index is 2.39. The number of nitrogens with two attached hydrogens (primary N) is 1. The number of carbonyl (C=O) groups excluding carboxylic acids is 2. The monoisotopic (exact) mass is 376 g/mol. The molecule has 2 aromatic rings. The average Bonchev–Trinajstić information content (AvgIpc) is 2.62. The van der Waals surface area contributed by atoms with Crippen molar-refractivity contribution < 1.29 is 19.1 Å². The zero-order chi connectivity index (χ0) is 19.5. The molecule has 0 atom stereocenters. The van der Waals surface area contributed by atoms with Crippen molar-refractivity contribution in [1.82, 2.24) is 0 Å². The lowest BCUT2D eigenvalue weighted by Crippen LogP contribution is -2.30. The van der Waals surface area contributed by atoms with E-state index in [-0.39, 0.29) is 5.97 Å². The lowest BCUT2D eigenvalue weighted by molar-refractivity contribution is -0.146. The highest BCUT2D eigenvalue weighted by molar-refractivity contribution is 6.31. The van der Waals surface area contributed by atoms with Gasteiger partial charge in [0.2, 0.25) is 0 Å². The van der Waals surface area contributed by atoms with Gasteiger partial charge in [-0.1, -0.05) is 17.7 Å². The number of nitrogen functional groups attached to an aromatic ring is 1. The Morgan fingerprint density at radius 3 is 2.31 bits per heavy atom. The first-order chi connectivity index (χ1) is 12.2. The van der Waals surface area contributed by atoms with Crippen molar-refractivity contribution >= 4 is 40.6 Å². The maximum atomic E-state index is 12.0. The molecule has 0 saturated carbocycles. The molecule has 0 saturated heterocycles. The molecule has 3 N–H and O–H groups in total. The highest BCUT2D eigenvalue weighted by Crippen LogP contribution is 2.33. The lowest BCUT2D eigenvalue weighted by atomic mass is 9.84. The smallest absolute Gasteiger partial charge is 0.339 e. The molecule has 2 aromatic carbocycles. The van der Waals surface area contributed by atoms with E-state index in [1.165, 1.54) is 14.2 Å². The zero-order valence-electron chi connectivity index (χ0n) is 15.1. The van der Waals surface area contributed by atoms with Crippen molar-refractivity contribution in [2.75, 3.05) is 25.3 Å². The number of halogens is 1. The van der Waals surface area contributed by atoms with Crippen LogP contribution < -0.4 is 11.1 Å². The first-order valence-electron chi connectivity index (χ1n) is 7.84. The van der Waals surface area contributed by atoms with Crippen molar-refractivity contribution in [3.05, 3.63) is 52.5 Å². The lowest BCUT2D eigenvalue weighted by Gasteiger charge is -2.23. The number of hydrogen-bond acceptors (Lipinski definition) is 6. The van der Waals surface area contributed by atoms with E-state index in [1.807, 2.05) is 0 Å². The Hall–Kier alpha value is -2.73. The van der Waals surface area contributed by atoms with Crippen LogP contribution in [0, 0.1) is 0 Å². The zero-order valence-corrected chi connectivity index (χ0v) is 15.8. The summed E-state index contributed by atoms with van der Waals surface area (Å²) < 4.78 is 9.62. The number of esters is 2. The van der Waals surface area contributed by atoms with Gasteiger partial charge in [0, 0.05) is 5.02 Å². The minimum atomic E-state index is -0.839. The minimum absolute atomic E-state index is 0.329. The fourth-order valence-electron chi connectivity index (χ4n) is 2.49. The van der Waals surface area contributed by atoms with Crippen LogP contribution in [0.4, 0.5) is 17.1 Å². The SMILES string of the molecule is COC(=O)c1ccc(Cl)cc1Nc1ccc(C(C)(C)C(=O)OC)cc1N. The van der Waals surface area contributed by atoms with E-state index in [4.69, 9.17) is 26.8 Å². The van der Waals surface area contributed by atoms with Gasteiger partial charge in [-0.3, -0.25) is 4.79 Å². The van der Waals surface area contributed by atoms with Crippen LogP contribution in [-0.4, -0.2) is 26.2 Å². The summed E-state index contributed by atoms with van der Waals surface area (Å²) in [5, 5.41) is 3.55. The largest absolute Gasteiger partial charge is 0.468 e. The van der Waals surface area contributed by atoms with E-state index in [0.29, 0.717) is 33.2 Å².